The summed E-state index contributed by atoms with van der Waals surface area (Å²) >= 11 is 1.62. The Labute approximate surface area is 164 Å². The molecule has 0 spiro atoms. The molecule has 27 heavy (non-hydrogen) atoms. The van der Waals surface area contributed by atoms with Gasteiger partial charge in [0.15, 0.2) is 0 Å². The molecular formula is C20H28N2O4S. The van der Waals surface area contributed by atoms with Crippen LogP contribution in [0.25, 0.3) is 0 Å². The maximum absolute atomic E-state index is 13.4. The number of likely N-dealkylation sites (N-methyl/N-ethyl adjacent to an activating group) is 1. The molecule has 1 unspecified atom stereocenters. The van der Waals surface area contributed by atoms with Crippen LogP contribution < -0.4 is 0 Å². The Balaban J connectivity index is 1.69. The van der Waals surface area contributed by atoms with Gasteiger partial charge in [0.2, 0.25) is 11.8 Å². The normalized spacial score (nSPS) is 22.3. The van der Waals surface area contributed by atoms with Crippen molar-refractivity contribution in [2.75, 3.05) is 26.7 Å². The Morgan fingerprint density at radius 2 is 2.00 bits per heavy atom. The van der Waals surface area contributed by atoms with Gasteiger partial charge >= 0.3 is 5.97 Å². The van der Waals surface area contributed by atoms with Crippen molar-refractivity contribution in [2.24, 2.45) is 5.92 Å². The number of likely N-dealkylation sites (tertiary alicyclic amines) is 1. The summed E-state index contributed by atoms with van der Waals surface area (Å²) in [5.41, 5.74) is -0.507. The summed E-state index contributed by atoms with van der Waals surface area (Å²) in [6.45, 7) is 0.825. The van der Waals surface area contributed by atoms with Gasteiger partial charge in [0.05, 0.1) is 17.9 Å². The first kappa shape index (κ1) is 19.9. The molecular weight excluding hydrogens is 364 g/mol. The lowest BCUT2D eigenvalue weighted by Gasteiger charge is -2.39. The van der Waals surface area contributed by atoms with E-state index in [1.54, 1.807) is 28.2 Å². The van der Waals surface area contributed by atoms with Crippen LogP contribution in [0.4, 0.5) is 0 Å². The maximum atomic E-state index is 13.4. The first-order chi connectivity index (χ1) is 12.9. The lowest BCUT2D eigenvalue weighted by Crippen LogP contribution is -2.51. The number of carbonyl (C=O) groups excluding carboxylic acids is 2. The summed E-state index contributed by atoms with van der Waals surface area (Å²) < 4.78 is 0. The van der Waals surface area contributed by atoms with Crippen molar-refractivity contribution >= 4 is 29.1 Å². The minimum atomic E-state index is -0.851. The number of piperidine rings is 1. The number of carboxylic acid groups (broad SMARTS) is 1. The second-order valence-electron chi connectivity index (χ2n) is 7.80. The monoisotopic (exact) mass is 392 g/mol. The fourth-order valence-electron chi connectivity index (χ4n) is 4.42. The molecule has 148 valence electrons. The fourth-order valence-corrected chi connectivity index (χ4v) is 5.40. The van der Waals surface area contributed by atoms with E-state index < -0.39 is 17.3 Å². The van der Waals surface area contributed by atoms with E-state index in [-0.39, 0.29) is 24.9 Å². The van der Waals surface area contributed by atoms with Gasteiger partial charge in [0.1, 0.15) is 0 Å². The molecule has 1 saturated carbocycles. The number of amides is 2. The van der Waals surface area contributed by atoms with Gasteiger partial charge in [0, 0.05) is 25.0 Å². The first-order valence-electron chi connectivity index (χ1n) is 9.74. The third-order valence-corrected chi connectivity index (χ3v) is 7.03. The summed E-state index contributed by atoms with van der Waals surface area (Å²) in [4.78, 5) is 41.6. The fraction of sp³-hybridized carbons (Fsp3) is 0.650. The number of rotatable bonds is 5. The highest BCUT2D eigenvalue weighted by Gasteiger charge is 2.44. The van der Waals surface area contributed by atoms with Crippen LogP contribution in [0.1, 0.15) is 49.8 Å². The molecule has 2 aliphatic rings. The predicted molar refractivity (Wildman–Crippen MR) is 104 cm³/mol. The van der Waals surface area contributed by atoms with Crippen LogP contribution in [-0.4, -0.2) is 59.4 Å². The topological polar surface area (TPSA) is 77.9 Å². The van der Waals surface area contributed by atoms with Crippen molar-refractivity contribution in [3.05, 3.63) is 22.4 Å². The molecule has 2 fully saturated rings. The first-order valence-corrected chi connectivity index (χ1v) is 10.6. The van der Waals surface area contributed by atoms with Gasteiger partial charge in [-0.25, -0.2) is 0 Å². The zero-order valence-electron chi connectivity index (χ0n) is 15.9. The lowest BCUT2D eigenvalue weighted by molar-refractivity contribution is -0.148. The van der Waals surface area contributed by atoms with Crippen molar-refractivity contribution in [2.45, 2.75) is 50.4 Å². The number of carbonyl (C=O) groups is 3. The molecule has 0 radical (unpaired) electrons. The smallest absolute Gasteiger partial charge is 0.308 e. The maximum Gasteiger partial charge on any atom is 0.308 e. The molecule has 3 rings (SSSR count). The van der Waals surface area contributed by atoms with Gasteiger partial charge in [-0.2, -0.15) is 0 Å². The summed E-state index contributed by atoms with van der Waals surface area (Å²) in [7, 11) is 1.70. The van der Waals surface area contributed by atoms with Crippen molar-refractivity contribution in [3.8, 4) is 0 Å². The number of hydrogen-bond acceptors (Lipinski definition) is 4. The quantitative estimate of drug-likeness (QED) is 0.836. The highest BCUT2D eigenvalue weighted by atomic mass is 32.1. The van der Waals surface area contributed by atoms with Crippen molar-refractivity contribution < 1.29 is 19.5 Å². The van der Waals surface area contributed by atoms with Crippen LogP contribution in [-0.2, 0) is 19.8 Å². The van der Waals surface area contributed by atoms with Crippen molar-refractivity contribution in [1.82, 2.24) is 9.80 Å². The molecule has 2 heterocycles. The minimum absolute atomic E-state index is 0.0122. The van der Waals surface area contributed by atoms with Gasteiger partial charge in [-0.15, -0.1) is 11.3 Å². The van der Waals surface area contributed by atoms with Crippen LogP contribution in [0.15, 0.2) is 17.5 Å². The zero-order chi connectivity index (χ0) is 19.4. The standard InChI is InChI=1S/C20H28N2O4S/c1-21(14-17(23)22-11-5-7-15(13-22)18(24)25)19(26)20(9-3-2-4-10-20)16-8-6-12-27-16/h6,8,12,15H,2-5,7,9-11,13-14H2,1H3,(H,24,25). The molecule has 0 aromatic carbocycles. The van der Waals surface area contributed by atoms with Crippen molar-refractivity contribution in [3.63, 3.8) is 0 Å². The molecule has 1 aliphatic carbocycles. The van der Waals surface area contributed by atoms with E-state index in [0.29, 0.717) is 19.4 Å². The number of nitrogens with zero attached hydrogens (tertiary/aromatic N) is 2. The Kier molecular flexibility index (Phi) is 6.19. The van der Waals surface area contributed by atoms with E-state index in [1.165, 1.54) is 0 Å². The van der Waals surface area contributed by atoms with E-state index in [9.17, 15) is 19.5 Å². The second kappa shape index (κ2) is 8.42. The van der Waals surface area contributed by atoms with E-state index in [1.807, 2.05) is 17.5 Å². The number of thiophene rings is 1. The van der Waals surface area contributed by atoms with Crippen LogP contribution in [0.5, 0.6) is 0 Å². The Morgan fingerprint density at radius 3 is 2.63 bits per heavy atom. The molecule has 7 heteroatoms. The minimum Gasteiger partial charge on any atom is -0.481 e. The molecule has 0 bridgehead atoms. The molecule has 1 aromatic heterocycles. The Hall–Kier alpha value is -1.89. The van der Waals surface area contributed by atoms with E-state index >= 15 is 0 Å². The van der Waals surface area contributed by atoms with Crippen molar-refractivity contribution in [1.29, 1.82) is 0 Å². The molecule has 2 amide bonds. The van der Waals surface area contributed by atoms with E-state index in [2.05, 4.69) is 0 Å². The van der Waals surface area contributed by atoms with Crippen LogP contribution in [0, 0.1) is 5.92 Å². The third kappa shape index (κ3) is 4.18. The van der Waals surface area contributed by atoms with E-state index in [4.69, 9.17) is 0 Å². The molecule has 1 atom stereocenters. The van der Waals surface area contributed by atoms with Crippen LogP contribution >= 0.6 is 11.3 Å². The van der Waals surface area contributed by atoms with E-state index in [0.717, 1.165) is 37.0 Å². The number of aliphatic carboxylic acids is 1. The molecule has 1 aliphatic heterocycles. The number of hydrogen-bond donors (Lipinski definition) is 1. The highest BCUT2D eigenvalue weighted by Crippen LogP contribution is 2.42. The van der Waals surface area contributed by atoms with Gasteiger partial charge < -0.3 is 14.9 Å². The van der Waals surface area contributed by atoms with Gasteiger partial charge in [-0.1, -0.05) is 25.3 Å². The summed E-state index contributed by atoms with van der Waals surface area (Å²) in [6, 6.07) is 4.01. The summed E-state index contributed by atoms with van der Waals surface area (Å²) in [5, 5.41) is 11.2. The summed E-state index contributed by atoms with van der Waals surface area (Å²) in [5.74, 6) is -1.49. The predicted octanol–water partition coefficient (Wildman–Crippen LogP) is 2.73. The molecule has 1 N–H and O–H groups in total. The van der Waals surface area contributed by atoms with Gasteiger partial charge in [-0.3, -0.25) is 14.4 Å². The van der Waals surface area contributed by atoms with Crippen LogP contribution in [0.2, 0.25) is 0 Å². The molecule has 6 nitrogen and oxygen atoms in total. The largest absolute Gasteiger partial charge is 0.481 e. The lowest BCUT2D eigenvalue weighted by atomic mass is 9.72. The molecule has 1 aromatic rings. The third-order valence-electron chi connectivity index (χ3n) is 5.95. The van der Waals surface area contributed by atoms with Gasteiger partial charge in [0.25, 0.3) is 0 Å². The average molecular weight is 393 g/mol. The molecule has 1 saturated heterocycles. The van der Waals surface area contributed by atoms with Gasteiger partial charge in [-0.05, 0) is 37.1 Å². The zero-order valence-corrected chi connectivity index (χ0v) is 16.7. The Bertz CT molecular complexity index is 682. The average Bonchev–Trinajstić information content (AvgIpc) is 3.23. The highest BCUT2D eigenvalue weighted by molar-refractivity contribution is 7.10. The SMILES string of the molecule is CN(CC(=O)N1CCCC(C(=O)O)C1)C(=O)C1(c2cccs2)CCCCC1. The summed E-state index contributed by atoms with van der Waals surface area (Å²) in [6.07, 6.45) is 6.16. The van der Waals surface area contributed by atoms with Crippen LogP contribution in [0.3, 0.4) is 0 Å². The Morgan fingerprint density at radius 1 is 1.26 bits per heavy atom. The second-order valence-corrected chi connectivity index (χ2v) is 8.75. The number of carboxylic acids is 1.